The van der Waals surface area contributed by atoms with Gasteiger partial charge in [0.25, 0.3) is 0 Å². The zero-order valence-corrected chi connectivity index (χ0v) is 23.1. The first-order valence-electron chi connectivity index (χ1n) is 13.7. The Morgan fingerprint density at radius 3 is 2.59 bits per heavy atom. The third kappa shape index (κ3) is 7.10. The summed E-state index contributed by atoms with van der Waals surface area (Å²) in [7, 11) is 1.72. The third-order valence-electron chi connectivity index (χ3n) is 7.20. The van der Waals surface area contributed by atoms with Crippen LogP contribution in [-0.4, -0.2) is 45.0 Å². The molecular formula is C30H39N7O2. The number of pyridine rings is 1. The minimum absolute atomic E-state index is 0.0306. The summed E-state index contributed by atoms with van der Waals surface area (Å²) < 4.78 is 8.59. The minimum atomic E-state index is -0.207. The van der Waals surface area contributed by atoms with Crippen LogP contribution in [0.3, 0.4) is 0 Å². The normalized spacial score (nSPS) is 17.2. The highest BCUT2D eigenvalue weighted by Crippen LogP contribution is 2.40. The highest BCUT2D eigenvalue weighted by atomic mass is 16.5. The van der Waals surface area contributed by atoms with E-state index < -0.39 is 0 Å². The fraction of sp³-hybridized carbons (Fsp3) is 0.433. The van der Waals surface area contributed by atoms with Crippen LogP contribution in [0.15, 0.2) is 65.6 Å². The van der Waals surface area contributed by atoms with Crippen LogP contribution in [0.4, 0.5) is 0 Å². The molecule has 2 aliphatic carbocycles. The van der Waals surface area contributed by atoms with Crippen molar-refractivity contribution in [3.8, 4) is 5.75 Å². The Labute approximate surface area is 230 Å². The lowest BCUT2D eigenvalue weighted by molar-refractivity contribution is -0.117. The fourth-order valence-electron chi connectivity index (χ4n) is 4.85. The van der Waals surface area contributed by atoms with Crippen LogP contribution in [-0.2, 0) is 4.79 Å². The van der Waals surface area contributed by atoms with Gasteiger partial charge in [0.05, 0.1) is 23.2 Å². The first-order valence-corrected chi connectivity index (χ1v) is 13.7. The molecule has 9 nitrogen and oxygen atoms in total. The van der Waals surface area contributed by atoms with Crippen molar-refractivity contribution in [1.82, 2.24) is 19.9 Å². The zero-order valence-electron chi connectivity index (χ0n) is 23.1. The quantitative estimate of drug-likeness (QED) is 0.178. The fourth-order valence-corrected chi connectivity index (χ4v) is 4.85. The molecule has 0 spiro atoms. The molecule has 2 fully saturated rings. The van der Waals surface area contributed by atoms with Crippen molar-refractivity contribution in [2.45, 2.75) is 77.0 Å². The molecule has 2 heterocycles. The van der Waals surface area contributed by atoms with E-state index in [9.17, 15) is 4.79 Å². The number of aromatic nitrogens is 3. The molecule has 9 heteroatoms. The summed E-state index contributed by atoms with van der Waals surface area (Å²) in [6, 6.07) is 10.7. The number of nitrogens with one attached hydrogen (secondary N) is 1. The van der Waals surface area contributed by atoms with Crippen molar-refractivity contribution in [1.29, 1.82) is 0 Å². The number of fused-ring (bicyclic) bond motifs is 1. The van der Waals surface area contributed by atoms with Crippen molar-refractivity contribution in [2.24, 2.45) is 15.9 Å². The number of hydrazone groups is 1. The molecular weight excluding hydrogens is 490 g/mol. The topological polar surface area (TPSA) is 120 Å². The van der Waals surface area contributed by atoms with E-state index in [1.807, 2.05) is 50.5 Å². The first-order chi connectivity index (χ1) is 18.9. The second kappa shape index (κ2) is 13.2. The monoisotopic (exact) mass is 529 g/mol. The van der Waals surface area contributed by atoms with Gasteiger partial charge in [0.15, 0.2) is 0 Å². The van der Waals surface area contributed by atoms with E-state index in [-0.39, 0.29) is 12.0 Å². The summed E-state index contributed by atoms with van der Waals surface area (Å²) in [6.45, 7) is 7.29. The molecule has 1 aromatic carbocycles. The highest BCUT2D eigenvalue weighted by molar-refractivity contribution is 6.47. The van der Waals surface area contributed by atoms with Gasteiger partial charge in [0.2, 0.25) is 5.91 Å². The van der Waals surface area contributed by atoms with Crippen LogP contribution in [0.5, 0.6) is 5.75 Å². The second-order valence-electron chi connectivity index (χ2n) is 10.1. The van der Waals surface area contributed by atoms with Crippen LogP contribution in [0.1, 0.15) is 82.2 Å². The van der Waals surface area contributed by atoms with Gasteiger partial charge in [-0.05, 0) is 69.9 Å². The standard InChI is InChI=1S/C21H24N6O.C9H15NO/c1-13(23-3)20(26-22)15-10-18-21(27(12-25-18)16-7-8-16)19(11-15)28-14(2)17-6-4-5-9-24-17;1-2-9(11)10-8-6-4-3-5-7-8/h4-6,9-12,14,16H,7-8,22H2,1-3H3;2,8H,1,3-7H2,(H,10,11)/b23-13?,26-20+;. The predicted octanol–water partition coefficient (Wildman–Crippen LogP) is 5.28. The molecule has 39 heavy (non-hydrogen) atoms. The number of carbonyl (C=O) groups is 1. The van der Waals surface area contributed by atoms with E-state index in [1.54, 1.807) is 13.2 Å². The lowest BCUT2D eigenvalue weighted by atomic mass is 9.95. The highest BCUT2D eigenvalue weighted by Gasteiger charge is 2.27. The maximum atomic E-state index is 10.9. The molecule has 3 N–H and O–H groups in total. The van der Waals surface area contributed by atoms with E-state index >= 15 is 0 Å². The SMILES string of the molecule is C=CC(=O)NC1CCCCC1.CN=C(C)/C(=N\N)c1cc(OC(C)c2ccccn2)c2c(c1)ncn2C1CC1. The summed E-state index contributed by atoms with van der Waals surface area (Å²) >= 11 is 0. The van der Waals surface area contributed by atoms with Gasteiger partial charge in [-0.15, -0.1) is 0 Å². The molecule has 0 radical (unpaired) electrons. The smallest absolute Gasteiger partial charge is 0.243 e. The van der Waals surface area contributed by atoms with E-state index in [0.717, 1.165) is 46.6 Å². The Balaban J connectivity index is 0.000000270. The first kappa shape index (κ1) is 28.0. The lowest BCUT2D eigenvalue weighted by Crippen LogP contribution is -2.34. The average molecular weight is 530 g/mol. The largest absolute Gasteiger partial charge is 0.482 e. The number of imidazole rings is 1. The van der Waals surface area contributed by atoms with Gasteiger partial charge in [0.1, 0.15) is 23.1 Å². The Morgan fingerprint density at radius 2 is 1.97 bits per heavy atom. The average Bonchev–Trinajstić information content (AvgIpc) is 3.73. The molecule has 1 unspecified atom stereocenters. The van der Waals surface area contributed by atoms with Crippen molar-refractivity contribution in [3.05, 3.63) is 66.8 Å². The number of nitrogens with zero attached hydrogens (tertiary/aromatic N) is 5. The summed E-state index contributed by atoms with van der Waals surface area (Å²) in [5, 5.41) is 6.86. The molecule has 1 amide bonds. The maximum Gasteiger partial charge on any atom is 0.243 e. The van der Waals surface area contributed by atoms with Crippen LogP contribution < -0.4 is 15.9 Å². The van der Waals surface area contributed by atoms with E-state index in [0.29, 0.717) is 17.8 Å². The van der Waals surface area contributed by atoms with Crippen molar-refractivity contribution in [2.75, 3.05) is 7.05 Å². The summed E-state index contributed by atoms with van der Waals surface area (Å²) in [5.41, 5.74) is 4.95. The molecule has 1 atom stereocenters. The number of amides is 1. The summed E-state index contributed by atoms with van der Waals surface area (Å²) in [4.78, 5) is 24.1. The third-order valence-corrected chi connectivity index (χ3v) is 7.20. The molecule has 2 aliphatic rings. The number of hydrogen-bond donors (Lipinski definition) is 2. The van der Waals surface area contributed by atoms with Gasteiger partial charge in [-0.25, -0.2) is 4.98 Å². The molecule has 3 aromatic rings. The van der Waals surface area contributed by atoms with Crippen LogP contribution in [0.25, 0.3) is 11.0 Å². The number of nitrogens with two attached hydrogens (primary N) is 1. The van der Waals surface area contributed by atoms with Gasteiger partial charge in [-0.2, -0.15) is 5.10 Å². The Bertz CT molecular complexity index is 1340. The number of benzene rings is 1. The molecule has 206 valence electrons. The molecule has 2 aromatic heterocycles. The van der Waals surface area contributed by atoms with Gasteiger partial charge < -0.3 is 20.5 Å². The Kier molecular flexibility index (Phi) is 9.46. The molecule has 0 saturated heterocycles. The molecule has 5 rings (SSSR count). The number of ether oxygens (including phenoxy) is 1. The summed E-state index contributed by atoms with van der Waals surface area (Å²) in [5.74, 6) is 6.38. The number of rotatable bonds is 8. The van der Waals surface area contributed by atoms with Crippen LogP contribution in [0, 0.1) is 0 Å². The van der Waals surface area contributed by atoms with Gasteiger partial charge >= 0.3 is 0 Å². The van der Waals surface area contributed by atoms with Crippen molar-refractivity contribution < 1.29 is 9.53 Å². The molecule has 0 bridgehead atoms. The summed E-state index contributed by atoms with van der Waals surface area (Å²) in [6.07, 6.45) is 13.2. The zero-order chi connectivity index (χ0) is 27.8. The van der Waals surface area contributed by atoms with E-state index in [2.05, 4.69) is 36.5 Å². The van der Waals surface area contributed by atoms with Gasteiger partial charge in [-0.1, -0.05) is 31.9 Å². The van der Waals surface area contributed by atoms with Gasteiger partial charge in [-0.3, -0.25) is 14.8 Å². The Hall–Kier alpha value is -4.01. The number of carbonyl (C=O) groups excluding carboxylic acids is 1. The van der Waals surface area contributed by atoms with E-state index in [4.69, 9.17) is 10.6 Å². The van der Waals surface area contributed by atoms with Crippen molar-refractivity contribution in [3.63, 3.8) is 0 Å². The predicted molar refractivity (Wildman–Crippen MR) is 156 cm³/mol. The molecule has 0 aliphatic heterocycles. The molecule has 2 saturated carbocycles. The maximum absolute atomic E-state index is 10.9. The minimum Gasteiger partial charge on any atom is -0.482 e. The Morgan fingerprint density at radius 1 is 1.21 bits per heavy atom. The van der Waals surface area contributed by atoms with E-state index in [1.165, 1.54) is 38.2 Å². The number of hydrogen-bond acceptors (Lipinski definition) is 7. The van der Waals surface area contributed by atoms with Gasteiger partial charge in [0, 0.05) is 30.9 Å². The van der Waals surface area contributed by atoms with Crippen LogP contribution >= 0.6 is 0 Å². The van der Waals surface area contributed by atoms with Crippen molar-refractivity contribution >= 4 is 28.4 Å². The van der Waals surface area contributed by atoms with Crippen LogP contribution in [0.2, 0.25) is 0 Å². The number of aliphatic imine (C=N–C) groups is 1. The lowest BCUT2D eigenvalue weighted by Gasteiger charge is -2.21. The second-order valence-corrected chi connectivity index (χ2v) is 10.1.